The highest BCUT2D eigenvalue weighted by atomic mass is 16.3. The van der Waals surface area contributed by atoms with Crippen LogP contribution in [-0.4, -0.2) is 90.5 Å². The first-order valence-corrected chi connectivity index (χ1v) is 13.2. The molecule has 212 valence electrons. The highest BCUT2D eigenvalue weighted by Gasteiger charge is 2.69. The first-order chi connectivity index (χ1) is 18.1. The molecule has 0 bridgehead atoms. The lowest BCUT2D eigenvalue weighted by molar-refractivity contribution is -0.181. The van der Waals surface area contributed by atoms with E-state index < -0.39 is 64.4 Å². The molecule has 5 N–H and O–H groups in total. The summed E-state index contributed by atoms with van der Waals surface area (Å²) in [7, 11) is 6.80. The Bertz CT molecular complexity index is 1260. The van der Waals surface area contributed by atoms with Crippen LogP contribution in [-0.2, 0) is 32.1 Å². The Hall–Kier alpha value is -3.15. The number of phenolic OH excluding ortho intramolecular Hbond substituents is 1. The van der Waals surface area contributed by atoms with Crippen molar-refractivity contribution in [3.8, 4) is 5.75 Å². The second kappa shape index (κ2) is 10.1. The van der Waals surface area contributed by atoms with E-state index in [9.17, 15) is 34.2 Å². The number of nitrogens with two attached hydrogens (primary N) is 1. The summed E-state index contributed by atoms with van der Waals surface area (Å²) in [5, 5.41) is 26.0. The van der Waals surface area contributed by atoms with Gasteiger partial charge in [0.15, 0.2) is 34.7 Å². The number of benzene rings is 1. The van der Waals surface area contributed by atoms with E-state index >= 15 is 0 Å². The first kappa shape index (κ1) is 28.8. The number of fused-ring (bicyclic) bond motifs is 3. The van der Waals surface area contributed by atoms with Gasteiger partial charge in [-0.3, -0.25) is 28.9 Å². The summed E-state index contributed by atoms with van der Waals surface area (Å²) in [4.78, 5) is 69.8. The maximum atomic E-state index is 13.9. The van der Waals surface area contributed by atoms with E-state index in [0.717, 1.165) is 17.8 Å². The zero-order valence-electron chi connectivity index (χ0n) is 23.3. The van der Waals surface area contributed by atoms with Crippen LogP contribution in [0.3, 0.4) is 0 Å². The number of rotatable bonds is 7. The topological polar surface area (TPSA) is 170 Å². The third-order valence-corrected chi connectivity index (χ3v) is 8.43. The zero-order valence-corrected chi connectivity index (χ0v) is 23.3. The van der Waals surface area contributed by atoms with Gasteiger partial charge in [-0.25, -0.2) is 0 Å². The first-order valence-electron chi connectivity index (χ1n) is 13.2. The summed E-state index contributed by atoms with van der Waals surface area (Å²) in [6.45, 7) is 5.37. The Balaban J connectivity index is 1.84. The molecule has 0 aromatic heterocycles. The van der Waals surface area contributed by atoms with Crippen molar-refractivity contribution in [1.29, 1.82) is 0 Å². The standard InChI is InChI=1S/C28H38N4O7/c1-12(2)10-30-11-14-9-17(33)19-15(21(14)31(3)4)7-13-8-16-22(32(5)6)24(35)20(27(29)38)26(37)28(16,39)25(36)18(13)23(19)34/h9,12-13,16,18,20,22,30,33,39H,7-8,10-11H2,1-6H3,(H2,29,38)/t13-,16-,18?,20?,22-,28-/m0/s1. The van der Waals surface area contributed by atoms with Crippen molar-refractivity contribution in [2.75, 3.05) is 39.6 Å². The molecule has 0 spiro atoms. The lowest BCUT2D eigenvalue weighted by Gasteiger charge is -2.52. The van der Waals surface area contributed by atoms with Crippen LogP contribution in [0.2, 0.25) is 0 Å². The Morgan fingerprint density at radius 3 is 2.33 bits per heavy atom. The minimum Gasteiger partial charge on any atom is -0.507 e. The van der Waals surface area contributed by atoms with Crippen LogP contribution < -0.4 is 16.0 Å². The van der Waals surface area contributed by atoms with E-state index in [-0.39, 0.29) is 24.2 Å². The number of anilines is 1. The summed E-state index contributed by atoms with van der Waals surface area (Å²) in [5.41, 5.74) is 4.77. The Morgan fingerprint density at radius 2 is 1.79 bits per heavy atom. The fourth-order valence-electron chi connectivity index (χ4n) is 6.92. The largest absolute Gasteiger partial charge is 0.507 e. The number of carbonyl (C=O) groups is 5. The molecule has 3 aliphatic rings. The van der Waals surface area contributed by atoms with Gasteiger partial charge >= 0.3 is 0 Å². The Kier molecular flexibility index (Phi) is 7.48. The molecule has 4 rings (SSSR count). The maximum absolute atomic E-state index is 13.9. The van der Waals surface area contributed by atoms with Crippen LogP contribution in [0.25, 0.3) is 0 Å². The van der Waals surface area contributed by atoms with Crippen molar-refractivity contribution < 1.29 is 34.2 Å². The highest BCUT2D eigenvalue weighted by molar-refractivity contribution is 6.32. The fraction of sp³-hybridized carbons (Fsp3) is 0.607. The molecule has 1 amide bonds. The fourth-order valence-corrected chi connectivity index (χ4v) is 6.92. The minimum absolute atomic E-state index is 0.00194. The van der Waals surface area contributed by atoms with Crippen LogP contribution >= 0.6 is 0 Å². The van der Waals surface area contributed by atoms with Gasteiger partial charge in [0.1, 0.15) is 5.75 Å². The van der Waals surface area contributed by atoms with E-state index in [2.05, 4.69) is 19.2 Å². The van der Waals surface area contributed by atoms with E-state index in [4.69, 9.17) is 5.73 Å². The molecule has 2 unspecified atom stereocenters. The average Bonchev–Trinajstić information content (AvgIpc) is 2.80. The van der Waals surface area contributed by atoms with Crippen LogP contribution in [0.5, 0.6) is 5.75 Å². The molecule has 1 aromatic carbocycles. The van der Waals surface area contributed by atoms with Gasteiger partial charge in [0.2, 0.25) is 5.91 Å². The molecular formula is C28H38N4O7. The number of nitrogens with one attached hydrogen (secondary N) is 1. The Morgan fingerprint density at radius 1 is 1.15 bits per heavy atom. The molecule has 39 heavy (non-hydrogen) atoms. The lowest BCUT2D eigenvalue weighted by Crippen LogP contribution is -2.74. The molecule has 0 radical (unpaired) electrons. The molecule has 0 heterocycles. The number of phenols is 1. The summed E-state index contributed by atoms with van der Waals surface area (Å²) in [5.74, 6) is -10.0. The number of aliphatic hydroxyl groups is 1. The molecule has 11 heteroatoms. The number of likely N-dealkylation sites (N-methyl/N-ethyl adjacent to an activating group) is 1. The third kappa shape index (κ3) is 4.36. The molecule has 11 nitrogen and oxygen atoms in total. The van der Waals surface area contributed by atoms with Crippen molar-refractivity contribution in [3.05, 3.63) is 22.8 Å². The van der Waals surface area contributed by atoms with Crippen molar-refractivity contribution >= 4 is 34.7 Å². The monoisotopic (exact) mass is 542 g/mol. The number of primary amides is 1. The number of nitrogens with zero attached hydrogens (tertiary/aromatic N) is 2. The number of carbonyl (C=O) groups excluding carboxylic acids is 5. The van der Waals surface area contributed by atoms with E-state index in [1.165, 1.54) is 11.0 Å². The van der Waals surface area contributed by atoms with Gasteiger partial charge in [-0.1, -0.05) is 13.8 Å². The smallest absolute Gasteiger partial charge is 0.235 e. The SMILES string of the molecule is CC(C)CNCc1cc(O)c2c(c1N(C)C)C[C@H]1C[C@H]3[C@H](N(C)C)C(=O)C(C(N)=O)C(=O)[C@@]3(O)C(=O)C1C2=O. The molecule has 1 aromatic rings. The quantitative estimate of drug-likeness (QED) is 0.335. The molecule has 0 aliphatic heterocycles. The number of aromatic hydroxyl groups is 1. The van der Waals surface area contributed by atoms with Crippen molar-refractivity contribution in [1.82, 2.24) is 10.2 Å². The van der Waals surface area contributed by atoms with Crippen LogP contribution in [0.15, 0.2) is 6.07 Å². The van der Waals surface area contributed by atoms with Gasteiger partial charge in [-0.05, 0) is 62.5 Å². The summed E-state index contributed by atoms with van der Waals surface area (Å²) in [6, 6.07) is 0.389. The third-order valence-electron chi connectivity index (χ3n) is 8.43. The second-order valence-corrected chi connectivity index (χ2v) is 12.0. The van der Waals surface area contributed by atoms with Crippen LogP contribution in [0, 0.1) is 29.6 Å². The summed E-state index contributed by atoms with van der Waals surface area (Å²) in [6.07, 6.45) is 0.248. The lowest BCUT2D eigenvalue weighted by atomic mass is 9.52. The number of amides is 1. The number of hydrogen-bond acceptors (Lipinski definition) is 10. The van der Waals surface area contributed by atoms with Gasteiger partial charge < -0.3 is 26.2 Å². The summed E-state index contributed by atoms with van der Waals surface area (Å²) < 4.78 is 0. The molecule has 6 atom stereocenters. The number of ketones is 4. The molecular weight excluding hydrogens is 504 g/mol. The van der Waals surface area contributed by atoms with Gasteiger partial charge in [-0.2, -0.15) is 0 Å². The normalized spacial score (nSPS) is 30.3. The predicted molar refractivity (Wildman–Crippen MR) is 142 cm³/mol. The second-order valence-electron chi connectivity index (χ2n) is 12.0. The molecule has 2 fully saturated rings. The van der Waals surface area contributed by atoms with E-state index in [1.54, 1.807) is 14.1 Å². The number of Topliss-reactive ketones (excluding diaryl/α,β-unsaturated/α-hetero) is 4. The zero-order chi connectivity index (χ0) is 29.1. The van der Waals surface area contributed by atoms with Gasteiger partial charge in [-0.15, -0.1) is 0 Å². The van der Waals surface area contributed by atoms with Crippen LogP contribution in [0.4, 0.5) is 5.69 Å². The van der Waals surface area contributed by atoms with Crippen molar-refractivity contribution in [3.63, 3.8) is 0 Å². The van der Waals surface area contributed by atoms with E-state index in [1.807, 2.05) is 19.0 Å². The maximum Gasteiger partial charge on any atom is 0.235 e. The number of hydrogen-bond donors (Lipinski definition) is 4. The molecule has 2 saturated carbocycles. The predicted octanol–water partition coefficient (Wildman–Crippen LogP) is -0.321. The van der Waals surface area contributed by atoms with E-state index in [0.29, 0.717) is 18.0 Å². The summed E-state index contributed by atoms with van der Waals surface area (Å²) >= 11 is 0. The van der Waals surface area contributed by atoms with Gasteiger partial charge in [0, 0.05) is 32.2 Å². The van der Waals surface area contributed by atoms with Crippen molar-refractivity contribution in [2.24, 2.45) is 35.3 Å². The van der Waals surface area contributed by atoms with Gasteiger partial charge in [0.05, 0.1) is 17.5 Å². The highest BCUT2D eigenvalue weighted by Crippen LogP contribution is 2.52. The minimum atomic E-state index is -2.72. The average molecular weight is 543 g/mol. The van der Waals surface area contributed by atoms with Crippen molar-refractivity contribution in [2.45, 2.75) is 44.9 Å². The molecule has 0 saturated heterocycles. The van der Waals surface area contributed by atoms with Crippen LogP contribution in [0.1, 0.15) is 41.8 Å². The van der Waals surface area contributed by atoms with Gasteiger partial charge in [0.25, 0.3) is 0 Å². The Labute approximate surface area is 227 Å². The molecule has 3 aliphatic carbocycles.